The van der Waals surface area contributed by atoms with Crippen LogP contribution in [0.4, 0.5) is 5.82 Å². The highest BCUT2D eigenvalue weighted by atomic mass is 32.1. The molecular formula is C24H30N6OS. The number of hydrogen-bond donors (Lipinski definition) is 0. The molecule has 32 heavy (non-hydrogen) atoms. The average Bonchev–Trinajstić information content (AvgIpc) is 3.13. The van der Waals surface area contributed by atoms with Crippen molar-refractivity contribution in [1.82, 2.24) is 24.8 Å². The van der Waals surface area contributed by atoms with Crippen LogP contribution in [0.5, 0.6) is 0 Å². The average molecular weight is 451 g/mol. The van der Waals surface area contributed by atoms with Gasteiger partial charge in [-0.3, -0.25) is 14.7 Å². The molecule has 2 saturated heterocycles. The van der Waals surface area contributed by atoms with E-state index in [2.05, 4.69) is 49.6 Å². The van der Waals surface area contributed by atoms with E-state index in [0.717, 1.165) is 69.3 Å². The van der Waals surface area contributed by atoms with E-state index < -0.39 is 0 Å². The zero-order valence-corrected chi connectivity index (χ0v) is 19.6. The van der Waals surface area contributed by atoms with Gasteiger partial charge in [0.2, 0.25) is 5.91 Å². The molecule has 5 rings (SSSR count). The Morgan fingerprint density at radius 2 is 1.88 bits per heavy atom. The number of pyridine rings is 1. The number of nitrogens with zero attached hydrogens (tertiary/aromatic N) is 6. The summed E-state index contributed by atoms with van der Waals surface area (Å²) in [5.74, 6) is 1.49. The summed E-state index contributed by atoms with van der Waals surface area (Å²) in [6.07, 6.45) is 7.19. The van der Waals surface area contributed by atoms with Crippen molar-refractivity contribution in [3.05, 3.63) is 46.9 Å². The van der Waals surface area contributed by atoms with Gasteiger partial charge in [0, 0.05) is 69.0 Å². The molecule has 8 heteroatoms. The molecule has 3 aromatic rings. The van der Waals surface area contributed by atoms with Gasteiger partial charge in [-0.05, 0) is 43.9 Å². The highest BCUT2D eigenvalue weighted by Gasteiger charge is 2.31. The van der Waals surface area contributed by atoms with Crippen molar-refractivity contribution in [3.8, 4) is 0 Å². The molecule has 0 aromatic carbocycles. The topological polar surface area (TPSA) is 65.5 Å². The van der Waals surface area contributed by atoms with Crippen LogP contribution >= 0.6 is 11.3 Å². The van der Waals surface area contributed by atoms with Crippen LogP contribution in [0.2, 0.25) is 0 Å². The molecule has 0 saturated carbocycles. The second-order valence-electron chi connectivity index (χ2n) is 8.88. The minimum absolute atomic E-state index is 0.124. The van der Waals surface area contributed by atoms with E-state index >= 15 is 0 Å². The van der Waals surface area contributed by atoms with Crippen LogP contribution in [0, 0.1) is 19.8 Å². The smallest absolute Gasteiger partial charge is 0.225 e. The third kappa shape index (κ3) is 4.21. The Balaban J connectivity index is 1.16. The van der Waals surface area contributed by atoms with Crippen molar-refractivity contribution >= 4 is 33.3 Å². The van der Waals surface area contributed by atoms with Crippen LogP contribution in [-0.2, 0) is 11.3 Å². The van der Waals surface area contributed by atoms with E-state index in [1.807, 2.05) is 12.3 Å². The van der Waals surface area contributed by atoms with E-state index in [-0.39, 0.29) is 5.92 Å². The molecule has 0 atom stereocenters. The summed E-state index contributed by atoms with van der Waals surface area (Å²) in [7, 11) is 0. The Labute approximate surface area is 193 Å². The number of aromatic nitrogens is 3. The van der Waals surface area contributed by atoms with Crippen molar-refractivity contribution in [2.75, 3.05) is 44.2 Å². The van der Waals surface area contributed by atoms with Gasteiger partial charge in [-0.25, -0.2) is 9.97 Å². The number of piperazine rings is 1. The molecule has 168 valence electrons. The number of anilines is 1. The third-order valence-corrected chi connectivity index (χ3v) is 8.02. The number of thiophene rings is 1. The maximum atomic E-state index is 13.2. The number of amides is 1. The number of aryl methyl sites for hydroxylation is 2. The van der Waals surface area contributed by atoms with Gasteiger partial charge in [0.1, 0.15) is 17.0 Å². The highest BCUT2D eigenvalue weighted by molar-refractivity contribution is 7.18. The van der Waals surface area contributed by atoms with Crippen molar-refractivity contribution in [2.24, 2.45) is 5.92 Å². The first kappa shape index (κ1) is 21.3. The summed E-state index contributed by atoms with van der Waals surface area (Å²) in [5.41, 5.74) is 2.51. The zero-order valence-electron chi connectivity index (χ0n) is 18.8. The summed E-state index contributed by atoms with van der Waals surface area (Å²) in [4.78, 5) is 35.7. The van der Waals surface area contributed by atoms with E-state index in [1.54, 1.807) is 23.9 Å². The number of carbonyl (C=O) groups excluding carboxylic acids is 1. The van der Waals surface area contributed by atoms with Crippen molar-refractivity contribution in [3.63, 3.8) is 0 Å². The van der Waals surface area contributed by atoms with E-state index in [1.165, 1.54) is 21.4 Å². The van der Waals surface area contributed by atoms with Crippen LogP contribution < -0.4 is 4.90 Å². The van der Waals surface area contributed by atoms with Crippen LogP contribution in [0.1, 0.15) is 28.8 Å². The predicted molar refractivity (Wildman–Crippen MR) is 128 cm³/mol. The predicted octanol–water partition coefficient (Wildman–Crippen LogP) is 3.26. The van der Waals surface area contributed by atoms with Crippen LogP contribution in [0.25, 0.3) is 10.2 Å². The molecule has 2 aliphatic heterocycles. The monoisotopic (exact) mass is 450 g/mol. The van der Waals surface area contributed by atoms with Gasteiger partial charge in [0.05, 0.1) is 5.39 Å². The van der Waals surface area contributed by atoms with E-state index in [0.29, 0.717) is 5.91 Å². The summed E-state index contributed by atoms with van der Waals surface area (Å²) < 4.78 is 0. The summed E-state index contributed by atoms with van der Waals surface area (Å²) in [6, 6.07) is 4.09. The molecule has 7 nitrogen and oxygen atoms in total. The summed E-state index contributed by atoms with van der Waals surface area (Å²) in [6.45, 7) is 10.4. The number of hydrogen-bond acceptors (Lipinski definition) is 7. The molecule has 0 bridgehead atoms. The van der Waals surface area contributed by atoms with Gasteiger partial charge in [0.15, 0.2) is 0 Å². The van der Waals surface area contributed by atoms with Crippen molar-refractivity contribution in [2.45, 2.75) is 33.2 Å². The SMILES string of the molecule is Cc1sc2ncnc(N3CCC(C(=O)N4CCN(Cc5cccnc5)CC4)CC3)c2c1C. The molecule has 0 aliphatic carbocycles. The second-order valence-corrected chi connectivity index (χ2v) is 10.1. The minimum Gasteiger partial charge on any atom is -0.356 e. The van der Waals surface area contributed by atoms with E-state index in [9.17, 15) is 4.79 Å². The molecule has 1 amide bonds. The first-order valence-corrected chi connectivity index (χ1v) is 12.3. The lowest BCUT2D eigenvalue weighted by atomic mass is 9.94. The Hall–Kier alpha value is -2.58. The number of rotatable bonds is 4. The van der Waals surface area contributed by atoms with Gasteiger partial charge in [-0.2, -0.15) is 0 Å². The lowest BCUT2D eigenvalue weighted by Crippen LogP contribution is -2.51. The normalized spacial score (nSPS) is 18.4. The van der Waals surface area contributed by atoms with Crippen molar-refractivity contribution in [1.29, 1.82) is 0 Å². The molecule has 2 aliphatic rings. The minimum atomic E-state index is 0.124. The van der Waals surface area contributed by atoms with Crippen LogP contribution in [0.3, 0.4) is 0 Å². The fourth-order valence-corrected chi connectivity index (χ4v) is 5.87. The molecule has 0 unspecified atom stereocenters. The summed E-state index contributed by atoms with van der Waals surface area (Å²) >= 11 is 1.74. The molecule has 0 radical (unpaired) electrons. The maximum absolute atomic E-state index is 13.2. The summed E-state index contributed by atoms with van der Waals surface area (Å²) in [5, 5.41) is 1.18. The zero-order chi connectivity index (χ0) is 22.1. The quantitative estimate of drug-likeness (QED) is 0.608. The first-order valence-electron chi connectivity index (χ1n) is 11.5. The Kier molecular flexibility index (Phi) is 6.06. The lowest BCUT2D eigenvalue weighted by Gasteiger charge is -2.39. The van der Waals surface area contributed by atoms with E-state index in [4.69, 9.17) is 0 Å². The molecule has 0 N–H and O–H groups in total. The van der Waals surface area contributed by atoms with Gasteiger partial charge >= 0.3 is 0 Å². The molecule has 0 spiro atoms. The lowest BCUT2D eigenvalue weighted by molar-refractivity contribution is -0.138. The first-order chi connectivity index (χ1) is 15.6. The Bertz CT molecular complexity index is 1080. The number of carbonyl (C=O) groups is 1. The third-order valence-electron chi connectivity index (χ3n) is 6.90. The number of fused-ring (bicyclic) bond motifs is 1. The Morgan fingerprint density at radius 1 is 1.09 bits per heavy atom. The standard InChI is InChI=1S/C24H30N6OS/c1-17-18(2)32-23-21(17)22(26-16-27-23)29-8-5-20(6-9-29)24(31)30-12-10-28(11-13-30)15-19-4-3-7-25-14-19/h3-4,7,14,16,20H,5-6,8-13,15H2,1-2H3. The van der Waals surface area contributed by atoms with Crippen LogP contribution in [0.15, 0.2) is 30.9 Å². The molecular weight excluding hydrogens is 420 g/mol. The molecule has 2 fully saturated rings. The number of piperidine rings is 1. The highest BCUT2D eigenvalue weighted by Crippen LogP contribution is 2.35. The van der Waals surface area contributed by atoms with Gasteiger partial charge in [-0.1, -0.05) is 6.07 Å². The second kappa shape index (κ2) is 9.11. The van der Waals surface area contributed by atoms with Crippen LogP contribution in [-0.4, -0.2) is 69.9 Å². The van der Waals surface area contributed by atoms with Crippen molar-refractivity contribution < 1.29 is 4.79 Å². The van der Waals surface area contributed by atoms with Gasteiger partial charge in [-0.15, -0.1) is 11.3 Å². The Morgan fingerprint density at radius 3 is 2.59 bits per heavy atom. The molecule has 3 aromatic heterocycles. The van der Waals surface area contributed by atoms with Gasteiger partial charge < -0.3 is 9.80 Å². The fourth-order valence-electron chi connectivity index (χ4n) is 4.88. The maximum Gasteiger partial charge on any atom is 0.225 e. The largest absolute Gasteiger partial charge is 0.356 e. The molecule has 5 heterocycles. The fraction of sp³-hybridized carbons (Fsp3) is 0.500. The van der Waals surface area contributed by atoms with Gasteiger partial charge in [0.25, 0.3) is 0 Å².